The maximum Gasteiger partial charge on any atom is 0.472 e. The Labute approximate surface area is 397 Å². The Morgan fingerprint density at radius 1 is 0.462 bits per heavy atom. The molecule has 0 saturated heterocycles. The Morgan fingerprint density at radius 3 is 1.34 bits per heavy atom. The molecule has 0 fully saturated rings. The number of aliphatic hydroxyl groups is 2. The SMILES string of the molecule is CCCCC/C=C/C/C=C/C/C=C/C/C=C/CCCCCC(=O)O[C@H](COC(=O)CCC/C=C/CC/C=C/CCCCCCCCCCCCCCCC)COP(=O)(O)OC[C@@H](O)CO. The van der Waals surface area contributed by atoms with Crippen molar-refractivity contribution >= 4 is 19.8 Å². The average molecular weight is 935 g/mol. The van der Waals surface area contributed by atoms with Crippen molar-refractivity contribution < 1.29 is 47.8 Å². The van der Waals surface area contributed by atoms with Crippen LogP contribution in [0.15, 0.2) is 72.9 Å². The van der Waals surface area contributed by atoms with E-state index in [0.29, 0.717) is 12.8 Å². The van der Waals surface area contributed by atoms with E-state index in [0.717, 1.165) is 64.2 Å². The number of ether oxygens (including phenoxy) is 2. The molecular formula is C54H95O10P. The van der Waals surface area contributed by atoms with Gasteiger partial charge in [0.25, 0.3) is 0 Å². The first kappa shape index (κ1) is 62.4. The molecule has 0 aliphatic heterocycles. The lowest BCUT2D eigenvalue weighted by Crippen LogP contribution is -2.29. The minimum absolute atomic E-state index is 0.136. The summed E-state index contributed by atoms with van der Waals surface area (Å²) in [6.07, 6.45) is 58.9. The number of hydrogen-bond donors (Lipinski definition) is 3. The quantitative estimate of drug-likeness (QED) is 0.0233. The van der Waals surface area contributed by atoms with Gasteiger partial charge in [0.1, 0.15) is 12.7 Å². The highest BCUT2D eigenvalue weighted by Gasteiger charge is 2.27. The zero-order valence-electron chi connectivity index (χ0n) is 41.2. The number of rotatable bonds is 48. The zero-order valence-corrected chi connectivity index (χ0v) is 42.1. The molecule has 0 aromatic heterocycles. The highest BCUT2D eigenvalue weighted by atomic mass is 31.2. The van der Waals surface area contributed by atoms with Crippen molar-refractivity contribution in [1.29, 1.82) is 0 Å². The van der Waals surface area contributed by atoms with Crippen LogP contribution in [-0.4, -0.2) is 65.7 Å². The van der Waals surface area contributed by atoms with Crippen LogP contribution in [0.1, 0.15) is 219 Å². The molecule has 0 saturated carbocycles. The minimum Gasteiger partial charge on any atom is -0.462 e. The van der Waals surface area contributed by atoms with Gasteiger partial charge in [0.05, 0.1) is 19.8 Å². The van der Waals surface area contributed by atoms with E-state index in [1.54, 1.807) is 0 Å². The summed E-state index contributed by atoms with van der Waals surface area (Å²) in [5.74, 6) is -1.01. The summed E-state index contributed by atoms with van der Waals surface area (Å²) in [7, 11) is -4.65. The first-order valence-corrected chi connectivity index (χ1v) is 27.4. The normalized spacial score (nSPS) is 14.2. The van der Waals surface area contributed by atoms with Crippen molar-refractivity contribution in [3.63, 3.8) is 0 Å². The molecule has 0 amide bonds. The molecule has 376 valence electrons. The van der Waals surface area contributed by atoms with Gasteiger partial charge >= 0.3 is 19.8 Å². The minimum atomic E-state index is -4.65. The van der Waals surface area contributed by atoms with E-state index in [-0.39, 0.29) is 19.4 Å². The van der Waals surface area contributed by atoms with Crippen molar-refractivity contribution in [1.82, 2.24) is 0 Å². The van der Waals surface area contributed by atoms with E-state index in [1.165, 1.54) is 116 Å². The van der Waals surface area contributed by atoms with E-state index < -0.39 is 51.8 Å². The first-order chi connectivity index (χ1) is 31.7. The molecule has 0 rings (SSSR count). The fourth-order valence-electron chi connectivity index (χ4n) is 6.82. The van der Waals surface area contributed by atoms with Gasteiger partial charge in [0.15, 0.2) is 6.10 Å². The van der Waals surface area contributed by atoms with Gasteiger partial charge in [-0.25, -0.2) is 4.57 Å². The smallest absolute Gasteiger partial charge is 0.462 e. The Kier molecular flexibility index (Phi) is 47.4. The van der Waals surface area contributed by atoms with Crippen LogP contribution in [0.25, 0.3) is 0 Å². The number of phosphoric acid groups is 1. The van der Waals surface area contributed by atoms with Crippen LogP contribution in [0.3, 0.4) is 0 Å². The zero-order chi connectivity index (χ0) is 47.6. The van der Waals surface area contributed by atoms with Gasteiger partial charge in [-0.1, -0.05) is 189 Å². The largest absolute Gasteiger partial charge is 0.472 e. The van der Waals surface area contributed by atoms with Gasteiger partial charge in [-0.15, -0.1) is 0 Å². The molecule has 0 aliphatic rings. The molecule has 3 N–H and O–H groups in total. The van der Waals surface area contributed by atoms with Gasteiger partial charge < -0.3 is 24.6 Å². The fraction of sp³-hybridized carbons (Fsp3) is 0.741. The van der Waals surface area contributed by atoms with Crippen LogP contribution in [0.4, 0.5) is 0 Å². The summed E-state index contributed by atoms with van der Waals surface area (Å²) in [5.41, 5.74) is 0. The number of unbranched alkanes of at least 4 members (excludes halogenated alkanes) is 22. The second-order valence-electron chi connectivity index (χ2n) is 17.2. The number of phosphoric ester groups is 1. The lowest BCUT2D eigenvalue weighted by molar-refractivity contribution is -0.161. The number of carbonyl (C=O) groups is 2. The number of allylic oxidation sites excluding steroid dienone is 12. The average Bonchev–Trinajstić information content (AvgIpc) is 3.30. The molecule has 0 heterocycles. The van der Waals surface area contributed by atoms with E-state index in [9.17, 15) is 24.2 Å². The Balaban J connectivity index is 4.29. The predicted octanol–water partition coefficient (Wildman–Crippen LogP) is 14.8. The second kappa shape index (κ2) is 49.3. The number of carbonyl (C=O) groups excluding carboxylic acids is 2. The van der Waals surface area contributed by atoms with Gasteiger partial charge in [0, 0.05) is 12.8 Å². The highest BCUT2D eigenvalue weighted by Crippen LogP contribution is 2.43. The lowest BCUT2D eigenvalue weighted by atomic mass is 10.0. The summed E-state index contributed by atoms with van der Waals surface area (Å²) in [4.78, 5) is 35.1. The number of hydrogen-bond acceptors (Lipinski definition) is 9. The van der Waals surface area contributed by atoms with Gasteiger partial charge in [-0.05, 0) is 89.9 Å². The van der Waals surface area contributed by atoms with Crippen molar-refractivity contribution in [3.8, 4) is 0 Å². The number of aliphatic hydroxyl groups excluding tert-OH is 2. The summed E-state index contributed by atoms with van der Waals surface area (Å²) in [6, 6.07) is 0. The standard InChI is InChI=1S/C54H95O10P/c1-3-5-7-9-11-13-15-17-19-21-23-24-25-26-28-29-31-33-35-37-39-41-43-45-53(57)61-49-52(50-63-65(59,60)62-48-51(56)47-55)64-54(58)46-44-42-40-38-36-34-32-30-27-22-20-18-16-14-12-10-8-6-4-2/h12,14,18,20,27,29-31,34,36-37,39,51-52,55-56H,3-11,13,15-17,19,21-26,28,32-33,35,38,40-50H2,1-2H3,(H,59,60)/b14-12+,20-18+,30-27+,31-29+,36-34+,39-37+/t51-,52+/m0/s1. The highest BCUT2D eigenvalue weighted by molar-refractivity contribution is 7.47. The topological polar surface area (TPSA) is 149 Å². The van der Waals surface area contributed by atoms with Crippen LogP contribution in [0, 0.1) is 0 Å². The molecule has 0 radical (unpaired) electrons. The van der Waals surface area contributed by atoms with E-state index in [4.69, 9.17) is 23.6 Å². The monoisotopic (exact) mass is 935 g/mol. The van der Waals surface area contributed by atoms with Crippen LogP contribution < -0.4 is 0 Å². The Morgan fingerprint density at radius 2 is 0.831 bits per heavy atom. The van der Waals surface area contributed by atoms with Crippen LogP contribution in [0.2, 0.25) is 0 Å². The molecule has 3 atom stereocenters. The Hall–Kier alpha value is -2.59. The summed E-state index contributed by atoms with van der Waals surface area (Å²) in [5, 5.41) is 18.4. The maximum absolute atomic E-state index is 12.7. The van der Waals surface area contributed by atoms with E-state index in [2.05, 4.69) is 86.8 Å². The molecule has 0 aromatic carbocycles. The molecule has 65 heavy (non-hydrogen) atoms. The number of esters is 2. The second-order valence-corrected chi connectivity index (χ2v) is 18.6. The van der Waals surface area contributed by atoms with Crippen LogP contribution >= 0.6 is 7.82 Å². The third kappa shape index (κ3) is 49.1. The molecule has 1 unspecified atom stereocenters. The van der Waals surface area contributed by atoms with Gasteiger partial charge in [-0.2, -0.15) is 0 Å². The maximum atomic E-state index is 12.7. The summed E-state index contributed by atoms with van der Waals surface area (Å²) in [6.45, 7) is 2.29. The molecular weight excluding hydrogens is 840 g/mol. The van der Waals surface area contributed by atoms with Crippen LogP contribution in [0.5, 0.6) is 0 Å². The molecule has 0 bridgehead atoms. The summed E-state index contributed by atoms with van der Waals surface area (Å²) < 4.78 is 32.8. The molecule has 0 aliphatic carbocycles. The van der Waals surface area contributed by atoms with Crippen LogP contribution in [-0.2, 0) is 32.7 Å². The third-order valence-electron chi connectivity index (χ3n) is 10.8. The fourth-order valence-corrected chi connectivity index (χ4v) is 7.61. The van der Waals surface area contributed by atoms with Gasteiger partial charge in [0.2, 0.25) is 0 Å². The molecule has 0 spiro atoms. The predicted molar refractivity (Wildman–Crippen MR) is 270 cm³/mol. The third-order valence-corrected chi connectivity index (χ3v) is 11.8. The Bertz CT molecular complexity index is 1310. The van der Waals surface area contributed by atoms with Crippen molar-refractivity contribution in [2.24, 2.45) is 0 Å². The van der Waals surface area contributed by atoms with Gasteiger partial charge in [-0.3, -0.25) is 18.6 Å². The van der Waals surface area contributed by atoms with E-state index >= 15 is 0 Å². The summed E-state index contributed by atoms with van der Waals surface area (Å²) >= 11 is 0. The molecule has 10 nitrogen and oxygen atoms in total. The van der Waals surface area contributed by atoms with Crippen molar-refractivity contribution in [2.45, 2.75) is 232 Å². The first-order valence-electron chi connectivity index (χ1n) is 25.9. The molecule has 11 heteroatoms. The van der Waals surface area contributed by atoms with Crippen molar-refractivity contribution in [2.75, 3.05) is 26.4 Å². The van der Waals surface area contributed by atoms with Crippen molar-refractivity contribution in [3.05, 3.63) is 72.9 Å². The lowest BCUT2D eigenvalue weighted by Gasteiger charge is -2.20. The van der Waals surface area contributed by atoms with E-state index in [1.807, 2.05) is 0 Å². The molecule has 0 aromatic rings.